The van der Waals surface area contributed by atoms with Gasteiger partial charge < -0.3 is 10.1 Å². The van der Waals surface area contributed by atoms with E-state index in [1.54, 1.807) is 4.68 Å². The second-order valence-corrected chi connectivity index (χ2v) is 4.64. The first-order valence-corrected chi connectivity index (χ1v) is 5.88. The Morgan fingerprint density at radius 2 is 2.50 bits per heavy atom. The van der Waals surface area contributed by atoms with Crippen LogP contribution in [0.4, 0.5) is 0 Å². The van der Waals surface area contributed by atoms with E-state index in [-0.39, 0.29) is 5.41 Å². The molecule has 0 radical (unpaired) electrons. The molecular formula is C11H20N4O. The van der Waals surface area contributed by atoms with E-state index < -0.39 is 0 Å². The number of aromatic nitrogens is 3. The predicted octanol–water partition coefficient (Wildman–Crippen LogP) is 0.374. The molecule has 90 valence electrons. The number of ether oxygens (including phenoxy) is 1. The smallest absolute Gasteiger partial charge is 0.0833 e. The van der Waals surface area contributed by atoms with Gasteiger partial charge in [0.25, 0.3) is 0 Å². The molecule has 1 aliphatic rings. The molecule has 5 heteroatoms. The number of aryl methyl sites for hydroxylation is 1. The summed E-state index contributed by atoms with van der Waals surface area (Å²) in [6.07, 6.45) is 4.05. The Labute approximate surface area is 96.2 Å². The molecule has 0 spiro atoms. The van der Waals surface area contributed by atoms with Crippen molar-refractivity contribution in [1.82, 2.24) is 20.3 Å². The molecule has 1 saturated heterocycles. The SMILES string of the molecule is CCNCC1(Cc2cn(C)nn2)CCOC1. The summed E-state index contributed by atoms with van der Waals surface area (Å²) >= 11 is 0. The minimum Gasteiger partial charge on any atom is -0.381 e. The molecular weight excluding hydrogens is 204 g/mol. The van der Waals surface area contributed by atoms with Gasteiger partial charge in [-0.3, -0.25) is 4.68 Å². The van der Waals surface area contributed by atoms with Crippen LogP contribution < -0.4 is 5.32 Å². The molecule has 0 amide bonds. The van der Waals surface area contributed by atoms with Crippen molar-refractivity contribution in [2.45, 2.75) is 19.8 Å². The normalized spacial score (nSPS) is 25.1. The zero-order chi connectivity index (χ0) is 11.4. The third-order valence-corrected chi connectivity index (χ3v) is 3.14. The van der Waals surface area contributed by atoms with E-state index >= 15 is 0 Å². The van der Waals surface area contributed by atoms with Crippen molar-refractivity contribution in [2.75, 3.05) is 26.3 Å². The fourth-order valence-electron chi connectivity index (χ4n) is 2.24. The van der Waals surface area contributed by atoms with Gasteiger partial charge in [0.1, 0.15) is 0 Å². The summed E-state index contributed by atoms with van der Waals surface area (Å²) < 4.78 is 7.30. The van der Waals surface area contributed by atoms with Crippen LogP contribution in [0.2, 0.25) is 0 Å². The topological polar surface area (TPSA) is 52.0 Å². The van der Waals surface area contributed by atoms with Gasteiger partial charge in [0.05, 0.1) is 12.3 Å². The van der Waals surface area contributed by atoms with E-state index in [2.05, 4.69) is 22.6 Å². The van der Waals surface area contributed by atoms with Crippen molar-refractivity contribution in [3.05, 3.63) is 11.9 Å². The molecule has 1 atom stereocenters. The summed E-state index contributed by atoms with van der Waals surface area (Å²) in [6.45, 7) is 5.83. The van der Waals surface area contributed by atoms with Gasteiger partial charge in [-0.1, -0.05) is 12.1 Å². The van der Waals surface area contributed by atoms with Gasteiger partial charge in [-0.05, 0) is 13.0 Å². The monoisotopic (exact) mass is 224 g/mol. The highest BCUT2D eigenvalue weighted by Crippen LogP contribution is 2.31. The fourth-order valence-corrected chi connectivity index (χ4v) is 2.24. The average molecular weight is 224 g/mol. The van der Waals surface area contributed by atoms with Gasteiger partial charge in [-0.25, -0.2) is 0 Å². The maximum absolute atomic E-state index is 5.54. The van der Waals surface area contributed by atoms with Crippen LogP contribution >= 0.6 is 0 Å². The first-order chi connectivity index (χ1) is 7.74. The Hall–Kier alpha value is -0.940. The standard InChI is InChI=1S/C11H20N4O/c1-3-12-8-11(4-5-16-9-11)6-10-7-15(2)14-13-10/h7,12H,3-6,8-9H2,1-2H3. The van der Waals surface area contributed by atoms with Crippen molar-refractivity contribution >= 4 is 0 Å². The van der Waals surface area contributed by atoms with E-state index in [4.69, 9.17) is 4.74 Å². The summed E-state index contributed by atoms with van der Waals surface area (Å²) in [5.41, 5.74) is 1.28. The van der Waals surface area contributed by atoms with Gasteiger partial charge in [0.2, 0.25) is 0 Å². The third-order valence-electron chi connectivity index (χ3n) is 3.14. The van der Waals surface area contributed by atoms with Crippen LogP contribution in [0, 0.1) is 5.41 Å². The van der Waals surface area contributed by atoms with Crippen LogP contribution in [0.15, 0.2) is 6.20 Å². The number of rotatable bonds is 5. The van der Waals surface area contributed by atoms with Crippen LogP contribution in [-0.2, 0) is 18.2 Å². The number of hydrogen-bond acceptors (Lipinski definition) is 4. The summed E-state index contributed by atoms with van der Waals surface area (Å²) in [6, 6.07) is 0. The molecule has 0 aliphatic carbocycles. The minimum absolute atomic E-state index is 0.214. The second kappa shape index (κ2) is 4.93. The van der Waals surface area contributed by atoms with Crippen molar-refractivity contribution in [3.63, 3.8) is 0 Å². The maximum Gasteiger partial charge on any atom is 0.0833 e. The Kier molecular flexibility index (Phi) is 3.56. The van der Waals surface area contributed by atoms with Crippen LogP contribution in [-0.4, -0.2) is 41.3 Å². The molecule has 1 fully saturated rings. The molecule has 2 rings (SSSR count). The summed E-state index contributed by atoms with van der Waals surface area (Å²) in [5, 5.41) is 11.6. The Balaban J connectivity index is 2.02. The fraction of sp³-hybridized carbons (Fsp3) is 0.818. The lowest BCUT2D eigenvalue weighted by atomic mass is 9.82. The molecule has 16 heavy (non-hydrogen) atoms. The summed E-state index contributed by atoms with van der Waals surface area (Å²) in [7, 11) is 1.90. The Morgan fingerprint density at radius 1 is 1.62 bits per heavy atom. The van der Waals surface area contributed by atoms with Crippen LogP contribution in [0.25, 0.3) is 0 Å². The number of nitrogens with one attached hydrogen (secondary N) is 1. The van der Waals surface area contributed by atoms with E-state index in [0.717, 1.165) is 44.8 Å². The summed E-state index contributed by atoms with van der Waals surface area (Å²) in [4.78, 5) is 0. The molecule has 0 saturated carbocycles. The lowest BCUT2D eigenvalue weighted by Crippen LogP contribution is -2.36. The van der Waals surface area contributed by atoms with E-state index in [1.165, 1.54) is 0 Å². The van der Waals surface area contributed by atoms with Crippen LogP contribution in [0.5, 0.6) is 0 Å². The summed E-state index contributed by atoms with van der Waals surface area (Å²) in [5.74, 6) is 0. The largest absolute Gasteiger partial charge is 0.381 e. The van der Waals surface area contributed by atoms with Gasteiger partial charge in [0.15, 0.2) is 0 Å². The molecule has 1 N–H and O–H groups in total. The highest BCUT2D eigenvalue weighted by molar-refractivity contribution is 5.01. The second-order valence-electron chi connectivity index (χ2n) is 4.64. The molecule has 1 aliphatic heterocycles. The number of hydrogen-bond donors (Lipinski definition) is 1. The molecule has 1 aromatic rings. The third kappa shape index (κ3) is 2.59. The van der Waals surface area contributed by atoms with E-state index in [1.807, 2.05) is 13.2 Å². The Bertz CT molecular complexity index is 330. The van der Waals surface area contributed by atoms with Gasteiger partial charge in [-0.2, -0.15) is 0 Å². The van der Waals surface area contributed by atoms with Crippen LogP contribution in [0.3, 0.4) is 0 Å². The van der Waals surface area contributed by atoms with Gasteiger partial charge >= 0.3 is 0 Å². The van der Waals surface area contributed by atoms with Gasteiger partial charge in [0, 0.05) is 38.2 Å². The molecule has 5 nitrogen and oxygen atoms in total. The van der Waals surface area contributed by atoms with Crippen molar-refractivity contribution in [1.29, 1.82) is 0 Å². The maximum atomic E-state index is 5.54. The molecule has 0 aromatic carbocycles. The highest BCUT2D eigenvalue weighted by Gasteiger charge is 2.35. The first-order valence-electron chi connectivity index (χ1n) is 5.88. The molecule has 2 heterocycles. The quantitative estimate of drug-likeness (QED) is 0.785. The molecule has 1 unspecified atom stereocenters. The van der Waals surface area contributed by atoms with Gasteiger partial charge in [-0.15, -0.1) is 5.10 Å². The zero-order valence-corrected chi connectivity index (χ0v) is 10.1. The molecule has 1 aromatic heterocycles. The van der Waals surface area contributed by atoms with Crippen molar-refractivity contribution < 1.29 is 4.74 Å². The van der Waals surface area contributed by atoms with Crippen LogP contribution in [0.1, 0.15) is 19.0 Å². The van der Waals surface area contributed by atoms with E-state index in [0.29, 0.717) is 0 Å². The average Bonchev–Trinajstić information content (AvgIpc) is 2.87. The lowest BCUT2D eigenvalue weighted by molar-refractivity contribution is 0.149. The first kappa shape index (κ1) is 11.5. The highest BCUT2D eigenvalue weighted by atomic mass is 16.5. The zero-order valence-electron chi connectivity index (χ0n) is 10.1. The minimum atomic E-state index is 0.214. The number of nitrogens with zero attached hydrogens (tertiary/aromatic N) is 3. The van der Waals surface area contributed by atoms with Crippen molar-refractivity contribution in [2.24, 2.45) is 12.5 Å². The molecule has 0 bridgehead atoms. The Morgan fingerprint density at radius 3 is 3.06 bits per heavy atom. The lowest BCUT2D eigenvalue weighted by Gasteiger charge is -2.26. The predicted molar refractivity (Wildman–Crippen MR) is 61.1 cm³/mol. The van der Waals surface area contributed by atoms with Crippen molar-refractivity contribution in [3.8, 4) is 0 Å². The van der Waals surface area contributed by atoms with E-state index in [9.17, 15) is 0 Å².